The van der Waals surface area contributed by atoms with E-state index in [0.717, 1.165) is 44.1 Å². The number of amides is 2. The van der Waals surface area contributed by atoms with Gasteiger partial charge in [0.05, 0.1) is 23.3 Å². The molecule has 1 fully saturated rings. The van der Waals surface area contributed by atoms with Gasteiger partial charge in [-0.15, -0.1) is 0 Å². The standard InChI is InChI=1S/C23H27N3O2/c1-2-3-15-26-22(28)19-11-5-4-10-18(19)20(23(26)12-6-7-13-23)21(27)25-17-9-8-14-24-16-17/h4-5,8-11,14,16,20H,2-3,6-7,12-13,15H2,1H3,(H,25,27)/t20-/m1/s1. The predicted molar refractivity (Wildman–Crippen MR) is 109 cm³/mol. The Morgan fingerprint density at radius 2 is 2.00 bits per heavy atom. The van der Waals surface area contributed by atoms with Crippen LogP contribution in [0.25, 0.3) is 0 Å². The summed E-state index contributed by atoms with van der Waals surface area (Å²) in [6, 6.07) is 11.3. The molecule has 2 heterocycles. The average Bonchev–Trinajstić information content (AvgIpc) is 3.18. The van der Waals surface area contributed by atoms with Crippen molar-refractivity contribution in [2.24, 2.45) is 0 Å². The molecule has 1 atom stereocenters. The van der Waals surface area contributed by atoms with Crippen LogP contribution >= 0.6 is 0 Å². The van der Waals surface area contributed by atoms with Crippen molar-refractivity contribution in [2.45, 2.75) is 56.9 Å². The van der Waals surface area contributed by atoms with Crippen LogP contribution in [0, 0.1) is 0 Å². The zero-order chi connectivity index (χ0) is 19.6. The summed E-state index contributed by atoms with van der Waals surface area (Å²) in [5, 5.41) is 3.06. The zero-order valence-electron chi connectivity index (χ0n) is 16.4. The highest BCUT2D eigenvalue weighted by Gasteiger charge is 2.55. The lowest BCUT2D eigenvalue weighted by atomic mass is 9.71. The van der Waals surface area contributed by atoms with E-state index in [9.17, 15) is 9.59 Å². The molecule has 0 saturated heterocycles. The van der Waals surface area contributed by atoms with E-state index in [0.29, 0.717) is 17.8 Å². The number of anilines is 1. The van der Waals surface area contributed by atoms with Gasteiger partial charge in [0.25, 0.3) is 5.91 Å². The van der Waals surface area contributed by atoms with Gasteiger partial charge in [-0.25, -0.2) is 0 Å². The maximum Gasteiger partial charge on any atom is 0.254 e. The molecule has 1 aliphatic heterocycles. The van der Waals surface area contributed by atoms with E-state index in [1.807, 2.05) is 41.3 Å². The molecule has 1 aliphatic carbocycles. The maximum absolute atomic E-state index is 13.5. The number of rotatable bonds is 5. The van der Waals surface area contributed by atoms with Gasteiger partial charge in [-0.05, 0) is 43.0 Å². The first-order valence-electron chi connectivity index (χ1n) is 10.3. The summed E-state index contributed by atoms with van der Waals surface area (Å²) in [5.74, 6) is -0.325. The number of fused-ring (bicyclic) bond motifs is 1. The topological polar surface area (TPSA) is 62.3 Å². The van der Waals surface area contributed by atoms with Gasteiger partial charge in [0.15, 0.2) is 0 Å². The molecule has 1 aromatic carbocycles. The zero-order valence-corrected chi connectivity index (χ0v) is 16.4. The predicted octanol–water partition coefficient (Wildman–Crippen LogP) is 4.37. The number of carbonyl (C=O) groups excluding carboxylic acids is 2. The summed E-state index contributed by atoms with van der Waals surface area (Å²) in [6.45, 7) is 2.84. The van der Waals surface area contributed by atoms with Crippen LogP contribution in [0.3, 0.4) is 0 Å². The van der Waals surface area contributed by atoms with Crippen molar-refractivity contribution in [2.75, 3.05) is 11.9 Å². The molecule has 1 N–H and O–H groups in total. The Morgan fingerprint density at radius 3 is 2.71 bits per heavy atom. The van der Waals surface area contributed by atoms with Crippen LogP contribution in [0.5, 0.6) is 0 Å². The highest BCUT2D eigenvalue weighted by molar-refractivity contribution is 6.05. The quantitative estimate of drug-likeness (QED) is 0.841. The molecule has 1 saturated carbocycles. The van der Waals surface area contributed by atoms with Crippen molar-refractivity contribution in [1.82, 2.24) is 9.88 Å². The normalized spacial score (nSPS) is 20.2. The first kappa shape index (κ1) is 18.7. The first-order chi connectivity index (χ1) is 13.7. The molecule has 5 nitrogen and oxygen atoms in total. The van der Waals surface area contributed by atoms with Crippen LogP contribution in [0.4, 0.5) is 5.69 Å². The van der Waals surface area contributed by atoms with Gasteiger partial charge in [-0.3, -0.25) is 14.6 Å². The van der Waals surface area contributed by atoms with Crippen LogP contribution in [-0.4, -0.2) is 33.8 Å². The molecule has 1 spiro atoms. The third-order valence-corrected chi connectivity index (χ3v) is 6.22. The number of hydrogen-bond acceptors (Lipinski definition) is 3. The Labute approximate surface area is 166 Å². The fraction of sp³-hybridized carbons (Fsp3) is 0.435. The summed E-state index contributed by atoms with van der Waals surface area (Å²) in [4.78, 5) is 33.1. The number of carbonyl (C=O) groups is 2. The second-order valence-corrected chi connectivity index (χ2v) is 7.87. The highest BCUT2D eigenvalue weighted by Crippen LogP contribution is 2.50. The number of nitrogens with zero attached hydrogens (tertiary/aromatic N) is 2. The summed E-state index contributed by atoms with van der Waals surface area (Å²) < 4.78 is 0. The first-order valence-corrected chi connectivity index (χ1v) is 10.3. The number of hydrogen-bond donors (Lipinski definition) is 1. The van der Waals surface area contributed by atoms with Crippen molar-refractivity contribution >= 4 is 17.5 Å². The highest BCUT2D eigenvalue weighted by atomic mass is 16.2. The Balaban J connectivity index is 1.79. The molecule has 0 radical (unpaired) electrons. The summed E-state index contributed by atoms with van der Waals surface area (Å²) in [5.41, 5.74) is 1.80. The number of benzene rings is 1. The molecule has 28 heavy (non-hydrogen) atoms. The van der Waals surface area contributed by atoms with Gasteiger partial charge >= 0.3 is 0 Å². The van der Waals surface area contributed by atoms with Gasteiger partial charge in [0.2, 0.25) is 5.91 Å². The maximum atomic E-state index is 13.5. The molecular formula is C23H27N3O2. The second kappa shape index (κ2) is 7.74. The Bertz CT molecular complexity index is 859. The largest absolute Gasteiger partial charge is 0.332 e. The van der Waals surface area contributed by atoms with E-state index in [1.54, 1.807) is 12.4 Å². The fourth-order valence-electron chi connectivity index (χ4n) is 4.96. The second-order valence-electron chi connectivity index (χ2n) is 7.87. The van der Waals surface area contributed by atoms with Gasteiger partial charge in [0, 0.05) is 18.3 Å². The fourth-order valence-corrected chi connectivity index (χ4v) is 4.96. The van der Waals surface area contributed by atoms with Crippen molar-refractivity contribution in [1.29, 1.82) is 0 Å². The Hall–Kier alpha value is -2.69. The molecule has 2 aromatic rings. The van der Waals surface area contributed by atoms with Gasteiger partial charge in [0.1, 0.15) is 0 Å². The molecule has 4 rings (SSSR count). The van der Waals surface area contributed by atoms with Gasteiger partial charge in [-0.2, -0.15) is 0 Å². The molecule has 2 aliphatic rings. The third kappa shape index (κ3) is 3.09. The SMILES string of the molecule is CCCCN1C(=O)c2ccccc2[C@H](C(=O)Nc2cccnc2)C12CCCC2. The number of unbranched alkanes of at least 4 members (excludes halogenated alkanes) is 1. The van der Waals surface area contributed by atoms with E-state index < -0.39 is 5.54 Å². The Kier molecular flexibility index (Phi) is 5.16. The van der Waals surface area contributed by atoms with E-state index in [-0.39, 0.29) is 17.7 Å². The monoisotopic (exact) mass is 377 g/mol. The molecule has 0 bridgehead atoms. The van der Waals surface area contributed by atoms with Crippen molar-refractivity contribution < 1.29 is 9.59 Å². The minimum Gasteiger partial charge on any atom is -0.332 e. The van der Waals surface area contributed by atoms with E-state index >= 15 is 0 Å². The molecule has 5 heteroatoms. The average molecular weight is 377 g/mol. The van der Waals surface area contributed by atoms with E-state index in [2.05, 4.69) is 17.2 Å². The lowest BCUT2D eigenvalue weighted by Crippen LogP contribution is -2.60. The smallest absolute Gasteiger partial charge is 0.254 e. The molecule has 2 amide bonds. The Morgan fingerprint density at radius 1 is 1.21 bits per heavy atom. The summed E-state index contributed by atoms with van der Waals surface area (Å²) in [7, 11) is 0. The minimum atomic E-state index is -0.424. The molecule has 146 valence electrons. The van der Waals surface area contributed by atoms with Crippen LogP contribution < -0.4 is 5.32 Å². The summed E-state index contributed by atoms with van der Waals surface area (Å²) >= 11 is 0. The van der Waals surface area contributed by atoms with E-state index in [1.165, 1.54) is 0 Å². The van der Waals surface area contributed by atoms with Crippen molar-refractivity contribution in [3.63, 3.8) is 0 Å². The molecular weight excluding hydrogens is 350 g/mol. The molecule has 0 unspecified atom stereocenters. The van der Waals surface area contributed by atoms with Crippen molar-refractivity contribution in [3.05, 3.63) is 59.9 Å². The van der Waals surface area contributed by atoms with Crippen LogP contribution in [-0.2, 0) is 4.79 Å². The summed E-state index contributed by atoms with van der Waals surface area (Å²) in [6.07, 6.45) is 9.18. The molecule has 1 aromatic heterocycles. The minimum absolute atomic E-state index is 0.0450. The van der Waals surface area contributed by atoms with Gasteiger partial charge in [-0.1, -0.05) is 44.4 Å². The van der Waals surface area contributed by atoms with Crippen molar-refractivity contribution in [3.8, 4) is 0 Å². The van der Waals surface area contributed by atoms with Crippen LogP contribution in [0.1, 0.15) is 67.3 Å². The lowest BCUT2D eigenvalue weighted by molar-refractivity contribution is -0.121. The van der Waals surface area contributed by atoms with E-state index in [4.69, 9.17) is 0 Å². The number of nitrogens with one attached hydrogen (secondary N) is 1. The van der Waals surface area contributed by atoms with Crippen LogP contribution in [0.2, 0.25) is 0 Å². The lowest BCUT2D eigenvalue weighted by Gasteiger charge is -2.50. The third-order valence-electron chi connectivity index (χ3n) is 6.22. The van der Waals surface area contributed by atoms with Gasteiger partial charge < -0.3 is 10.2 Å². The number of pyridine rings is 1. The van der Waals surface area contributed by atoms with Crippen LogP contribution in [0.15, 0.2) is 48.8 Å². The number of aromatic nitrogens is 1.